The van der Waals surface area contributed by atoms with E-state index in [2.05, 4.69) is 25.7 Å². The highest BCUT2D eigenvalue weighted by atomic mass is 79.9. The number of methoxy groups -OCH3 is 1. The van der Waals surface area contributed by atoms with Gasteiger partial charge in [0.2, 0.25) is 0 Å². The first-order chi connectivity index (χ1) is 8.11. The monoisotopic (exact) mass is 296 g/mol. The summed E-state index contributed by atoms with van der Waals surface area (Å²) in [5.41, 5.74) is 2.00. The molecule has 0 amide bonds. The number of carbonyl (C=O) groups is 1. The minimum Gasteiger partial charge on any atom is -0.469 e. The molecule has 1 heterocycles. The molecule has 4 nitrogen and oxygen atoms in total. The number of rotatable bonds is 3. The fraction of sp³-hybridized carbons (Fsp3) is 0.333. The number of aryl methyl sites for hydroxylation is 2. The summed E-state index contributed by atoms with van der Waals surface area (Å²) in [6.07, 6.45) is 0.949. The highest BCUT2D eigenvalue weighted by Crippen LogP contribution is 2.20. The Bertz CT molecular complexity index is 563. The fourth-order valence-corrected chi connectivity index (χ4v) is 2.11. The summed E-state index contributed by atoms with van der Waals surface area (Å²) in [4.78, 5) is 15.6. The van der Waals surface area contributed by atoms with Crippen LogP contribution in [0.3, 0.4) is 0 Å². The molecule has 0 aliphatic rings. The van der Waals surface area contributed by atoms with E-state index in [1.807, 2.05) is 29.8 Å². The lowest BCUT2D eigenvalue weighted by molar-refractivity contribution is -0.140. The number of nitrogens with zero attached hydrogens (tertiary/aromatic N) is 2. The quantitative estimate of drug-likeness (QED) is 0.817. The molecule has 0 bridgehead atoms. The molecule has 5 heteroatoms. The van der Waals surface area contributed by atoms with Crippen LogP contribution in [0, 0.1) is 0 Å². The smallest absolute Gasteiger partial charge is 0.305 e. The van der Waals surface area contributed by atoms with Crippen LogP contribution in [-0.2, 0) is 23.0 Å². The molecule has 17 heavy (non-hydrogen) atoms. The lowest BCUT2D eigenvalue weighted by atomic mass is 10.3. The van der Waals surface area contributed by atoms with E-state index >= 15 is 0 Å². The minimum absolute atomic E-state index is 0.210. The zero-order valence-corrected chi connectivity index (χ0v) is 11.3. The molecule has 0 N–H and O–H groups in total. The van der Waals surface area contributed by atoms with Gasteiger partial charge in [-0.05, 0) is 18.2 Å². The molecule has 90 valence electrons. The summed E-state index contributed by atoms with van der Waals surface area (Å²) in [6, 6.07) is 5.96. The summed E-state index contributed by atoms with van der Waals surface area (Å²) in [6.45, 7) is 0. The average Bonchev–Trinajstić information content (AvgIpc) is 2.62. The van der Waals surface area contributed by atoms with Gasteiger partial charge in [-0.2, -0.15) is 0 Å². The highest BCUT2D eigenvalue weighted by molar-refractivity contribution is 9.10. The molecule has 0 aliphatic carbocycles. The Morgan fingerprint density at radius 3 is 3.00 bits per heavy atom. The third-order valence-corrected chi connectivity index (χ3v) is 3.21. The number of fused-ring (bicyclic) bond motifs is 1. The fourth-order valence-electron chi connectivity index (χ4n) is 1.76. The first kappa shape index (κ1) is 12.1. The van der Waals surface area contributed by atoms with Crippen LogP contribution in [0.1, 0.15) is 12.2 Å². The number of esters is 1. The van der Waals surface area contributed by atoms with Crippen molar-refractivity contribution in [2.45, 2.75) is 12.8 Å². The second-order valence-electron chi connectivity index (χ2n) is 3.80. The zero-order chi connectivity index (χ0) is 12.4. The lowest BCUT2D eigenvalue weighted by Crippen LogP contribution is -2.05. The lowest BCUT2D eigenvalue weighted by Gasteiger charge is -2.01. The van der Waals surface area contributed by atoms with Crippen molar-refractivity contribution in [2.24, 2.45) is 7.05 Å². The third-order valence-electron chi connectivity index (χ3n) is 2.72. The van der Waals surface area contributed by atoms with Gasteiger partial charge in [-0.15, -0.1) is 0 Å². The molecule has 0 saturated carbocycles. The summed E-state index contributed by atoms with van der Waals surface area (Å²) in [5.74, 6) is 0.682. The Hall–Kier alpha value is -1.36. The van der Waals surface area contributed by atoms with Gasteiger partial charge in [-0.3, -0.25) is 4.79 Å². The Kier molecular flexibility index (Phi) is 3.47. The van der Waals surface area contributed by atoms with Gasteiger partial charge in [-0.25, -0.2) is 4.98 Å². The first-order valence-corrected chi connectivity index (χ1v) is 6.09. The van der Waals surface area contributed by atoms with Crippen molar-refractivity contribution in [3.63, 3.8) is 0 Å². The van der Waals surface area contributed by atoms with Gasteiger partial charge in [0.15, 0.2) is 0 Å². The first-order valence-electron chi connectivity index (χ1n) is 5.29. The van der Waals surface area contributed by atoms with Crippen molar-refractivity contribution in [3.8, 4) is 0 Å². The Labute approximate surface area is 108 Å². The van der Waals surface area contributed by atoms with Crippen molar-refractivity contribution in [2.75, 3.05) is 7.11 Å². The Morgan fingerprint density at radius 2 is 2.29 bits per heavy atom. The maximum absolute atomic E-state index is 11.1. The van der Waals surface area contributed by atoms with Gasteiger partial charge in [0, 0.05) is 17.9 Å². The molecule has 0 saturated heterocycles. The van der Waals surface area contributed by atoms with Crippen LogP contribution in [0.15, 0.2) is 22.7 Å². The van der Waals surface area contributed by atoms with Crippen molar-refractivity contribution < 1.29 is 9.53 Å². The van der Waals surface area contributed by atoms with Crippen molar-refractivity contribution >= 4 is 32.9 Å². The number of aromatic nitrogens is 2. The average molecular weight is 297 g/mol. The van der Waals surface area contributed by atoms with E-state index in [4.69, 9.17) is 0 Å². The maximum atomic E-state index is 11.1. The van der Waals surface area contributed by atoms with Crippen LogP contribution < -0.4 is 0 Å². The standard InChI is InChI=1S/C12H13BrN2O2/c1-15-10-4-3-8(13)7-9(10)14-11(15)5-6-12(16)17-2/h3-4,7H,5-6H2,1-2H3. The second-order valence-corrected chi connectivity index (χ2v) is 4.71. The van der Waals surface area contributed by atoms with Gasteiger partial charge in [0.1, 0.15) is 5.82 Å². The summed E-state index contributed by atoms with van der Waals surface area (Å²) in [7, 11) is 3.35. The van der Waals surface area contributed by atoms with E-state index in [-0.39, 0.29) is 5.97 Å². The summed E-state index contributed by atoms with van der Waals surface area (Å²) < 4.78 is 7.63. The molecule has 0 unspecified atom stereocenters. The highest BCUT2D eigenvalue weighted by Gasteiger charge is 2.10. The van der Waals surface area contributed by atoms with Gasteiger partial charge in [0.25, 0.3) is 0 Å². The molecule has 1 aromatic heterocycles. The van der Waals surface area contributed by atoms with Crippen LogP contribution in [0.2, 0.25) is 0 Å². The molecule has 0 fully saturated rings. The normalized spacial score (nSPS) is 10.8. The molecule has 1 aromatic carbocycles. The summed E-state index contributed by atoms with van der Waals surface area (Å²) >= 11 is 3.42. The van der Waals surface area contributed by atoms with Crippen molar-refractivity contribution in [1.29, 1.82) is 0 Å². The van der Waals surface area contributed by atoms with Crippen LogP contribution in [-0.4, -0.2) is 22.6 Å². The second kappa shape index (κ2) is 4.87. The van der Waals surface area contributed by atoms with Crippen LogP contribution in [0.4, 0.5) is 0 Å². The van der Waals surface area contributed by atoms with E-state index in [0.717, 1.165) is 21.3 Å². The van der Waals surface area contributed by atoms with E-state index in [0.29, 0.717) is 12.8 Å². The van der Waals surface area contributed by atoms with Gasteiger partial charge in [0.05, 0.1) is 24.6 Å². The topological polar surface area (TPSA) is 44.1 Å². The van der Waals surface area contributed by atoms with E-state index in [9.17, 15) is 4.79 Å². The number of hydrogen-bond acceptors (Lipinski definition) is 3. The van der Waals surface area contributed by atoms with Crippen LogP contribution in [0.25, 0.3) is 11.0 Å². The van der Waals surface area contributed by atoms with Crippen molar-refractivity contribution in [3.05, 3.63) is 28.5 Å². The molecule has 0 atom stereocenters. The number of imidazole rings is 1. The minimum atomic E-state index is -0.210. The van der Waals surface area contributed by atoms with E-state index < -0.39 is 0 Å². The molecule has 0 spiro atoms. The van der Waals surface area contributed by atoms with Gasteiger partial charge < -0.3 is 9.30 Å². The predicted molar refractivity (Wildman–Crippen MR) is 68.8 cm³/mol. The number of hydrogen-bond donors (Lipinski definition) is 0. The maximum Gasteiger partial charge on any atom is 0.305 e. The third kappa shape index (κ3) is 2.49. The number of benzene rings is 1. The Balaban J connectivity index is 2.29. The molecular weight excluding hydrogens is 284 g/mol. The molecule has 0 radical (unpaired) electrons. The summed E-state index contributed by atoms with van der Waals surface area (Å²) in [5, 5.41) is 0. The van der Waals surface area contributed by atoms with Gasteiger partial charge >= 0.3 is 5.97 Å². The number of ether oxygens (including phenoxy) is 1. The van der Waals surface area contributed by atoms with E-state index in [1.165, 1.54) is 7.11 Å². The SMILES string of the molecule is COC(=O)CCc1nc2cc(Br)ccc2n1C. The largest absolute Gasteiger partial charge is 0.469 e. The Morgan fingerprint density at radius 1 is 1.53 bits per heavy atom. The predicted octanol–water partition coefficient (Wildman–Crippen LogP) is 2.44. The molecule has 0 aliphatic heterocycles. The number of carbonyl (C=O) groups excluding carboxylic acids is 1. The van der Waals surface area contributed by atoms with Crippen LogP contribution in [0.5, 0.6) is 0 Å². The van der Waals surface area contributed by atoms with Crippen LogP contribution >= 0.6 is 15.9 Å². The number of halogens is 1. The zero-order valence-electron chi connectivity index (χ0n) is 9.74. The van der Waals surface area contributed by atoms with E-state index in [1.54, 1.807) is 0 Å². The molecular formula is C12H13BrN2O2. The molecule has 2 rings (SSSR count). The van der Waals surface area contributed by atoms with Crippen molar-refractivity contribution in [1.82, 2.24) is 9.55 Å². The van der Waals surface area contributed by atoms with Gasteiger partial charge in [-0.1, -0.05) is 15.9 Å². The molecule has 2 aromatic rings.